The van der Waals surface area contributed by atoms with E-state index in [1.165, 1.54) is 0 Å². The summed E-state index contributed by atoms with van der Waals surface area (Å²) in [6, 6.07) is 5.54. The van der Waals surface area contributed by atoms with E-state index in [-0.39, 0.29) is 5.91 Å². The number of hydrogen-bond acceptors (Lipinski definition) is 2. The van der Waals surface area contributed by atoms with Gasteiger partial charge in [-0.3, -0.25) is 4.79 Å². The highest BCUT2D eigenvalue weighted by Crippen LogP contribution is 2.15. The Balaban J connectivity index is 3.04. The van der Waals surface area contributed by atoms with Crippen molar-refractivity contribution in [2.75, 3.05) is 18.8 Å². The summed E-state index contributed by atoms with van der Waals surface area (Å²) in [7, 11) is 0. The average Bonchev–Trinajstić information content (AvgIpc) is 2.23. The van der Waals surface area contributed by atoms with Crippen molar-refractivity contribution in [1.82, 2.24) is 4.90 Å². The van der Waals surface area contributed by atoms with Crippen LogP contribution in [0.15, 0.2) is 18.2 Å². The fraction of sp³-hybridized carbons (Fsp3) is 0.417. The van der Waals surface area contributed by atoms with E-state index in [4.69, 9.17) is 5.73 Å². The summed E-state index contributed by atoms with van der Waals surface area (Å²) in [6.45, 7) is 7.31. The van der Waals surface area contributed by atoms with Crippen LogP contribution in [0.5, 0.6) is 0 Å². The predicted octanol–water partition coefficient (Wildman–Crippen LogP) is 2.06. The van der Waals surface area contributed by atoms with Gasteiger partial charge in [0.2, 0.25) is 0 Å². The van der Waals surface area contributed by atoms with Gasteiger partial charge in [0.25, 0.3) is 5.91 Å². The molecule has 1 aromatic rings. The van der Waals surface area contributed by atoms with Gasteiger partial charge in [-0.25, -0.2) is 0 Å². The van der Waals surface area contributed by atoms with Gasteiger partial charge in [0.05, 0.1) is 5.56 Å². The lowest BCUT2D eigenvalue weighted by Gasteiger charge is -2.19. The maximum atomic E-state index is 12.0. The third-order valence-corrected chi connectivity index (χ3v) is 2.49. The number of anilines is 1. The van der Waals surface area contributed by atoms with Crippen molar-refractivity contribution >= 4 is 11.6 Å². The molecule has 0 aliphatic carbocycles. The molecule has 3 nitrogen and oxygen atoms in total. The van der Waals surface area contributed by atoms with Crippen molar-refractivity contribution in [3.05, 3.63) is 29.3 Å². The summed E-state index contributed by atoms with van der Waals surface area (Å²) in [6.07, 6.45) is 0. The number of nitrogens with zero attached hydrogens (tertiary/aromatic N) is 1. The molecular formula is C12H18N2O. The van der Waals surface area contributed by atoms with Crippen molar-refractivity contribution in [2.24, 2.45) is 0 Å². The lowest BCUT2D eigenvalue weighted by atomic mass is 10.1. The van der Waals surface area contributed by atoms with Crippen LogP contribution in [0.1, 0.15) is 29.8 Å². The monoisotopic (exact) mass is 206 g/mol. The summed E-state index contributed by atoms with van der Waals surface area (Å²) < 4.78 is 0. The zero-order valence-electron chi connectivity index (χ0n) is 9.58. The Morgan fingerprint density at radius 3 is 2.47 bits per heavy atom. The Hall–Kier alpha value is -1.51. The molecule has 82 valence electrons. The molecule has 0 bridgehead atoms. The molecule has 3 heteroatoms. The first kappa shape index (κ1) is 11.6. The number of carbonyl (C=O) groups is 1. The molecule has 0 saturated carbocycles. The summed E-state index contributed by atoms with van der Waals surface area (Å²) in [5, 5.41) is 0. The second-order valence-electron chi connectivity index (χ2n) is 3.57. The topological polar surface area (TPSA) is 46.3 Å². The largest absolute Gasteiger partial charge is 0.398 e. The second-order valence-corrected chi connectivity index (χ2v) is 3.57. The number of amides is 1. The zero-order valence-corrected chi connectivity index (χ0v) is 9.58. The SMILES string of the molecule is CCN(CC)C(=O)c1cc(C)ccc1N. The standard InChI is InChI=1S/C12H18N2O/c1-4-14(5-2)12(15)10-8-9(3)6-7-11(10)13/h6-8H,4-5,13H2,1-3H3. The molecule has 0 radical (unpaired) electrons. The second kappa shape index (κ2) is 4.82. The smallest absolute Gasteiger partial charge is 0.255 e. The first-order valence-electron chi connectivity index (χ1n) is 5.25. The minimum atomic E-state index is 0.0150. The van der Waals surface area contributed by atoms with Crippen LogP contribution in [0.2, 0.25) is 0 Å². The Kier molecular flexibility index (Phi) is 3.72. The summed E-state index contributed by atoms with van der Waals surface area (Å²) in [4.78, 5) is 13.8. The third kappa shape index (κ3) is 2.49. The zero-order chi connectivity index (χ0) is 11.4. The number of nitrogens with two attached hydrogens (primary N) is 1. The number of nitrogen functional groups attached to an aromatic ring is 1. The van der Waals surface area contributed by atoms with Crippen LogP contribution in [0, 0.1) is 6.92 Å². The van der Waals surface area contributed by atoms with E-state index in [1.54, 1.807) is 11.0 Å². The van der Waals surface area contributed by atoms with E-state index in [0.717, 1.165) is 5.56 Å². The highest BCUT2D eigenvalue weighted by Gasteiger charge is 2.14. The van der Waals surface area contributed by atoms with E-state index in [1.807, 2.05) is 32.9 Å². The van der Waals surface area contributed by atoms with Gasteiger partial charge >= 0.3 is 0 Å². The Labute approximate surface area is 90.9 Å². The summed E-state index contributed by atoms with van der Waals surface area (Å²) in [5.41, 5.74) is 8.01. The van der Waals surface area contributed by atoms with Gasteiger partial charge in [-0.15, -0.1) is 0 Å². The highest BCUT2D eigenvalue weighted by molar-refractivity contribution is 5.99. The molecular weight excluding hydrogens is 188 g/mol. The van der Waals surface area contributed by atoms with Gasteiger partial charge in [0, 0.05) is 18.8 Å². The van der Waals surface area contributed by atoms with Crippen LogP contribution in [0.25, 0.3) is 0 Å². The maximum absolute atomic E-state index is 12.0. The molecule has 0 unspecified atom stereocenters. The first-order chi connectivity index (χ1) is 7.10. The summed E-state index contributed by atoms with van der Waals surface area (Å²) >= 11 is 0. The maximum Gasteiger partial charge on any atom is 0.255 e. The van der Waals surface area contributed by atoms with Crippen LogP contribution in [0.3, 0.4) is 0 Å². The molecule has 0 heterocycles. The summed E-state index contributed by atoms with van der Waals surface area (Å²) in [5.74, 6) is 0.0150. The molecule has 15 heavy (non-hydrogen) atoms. The molecule has 1 amide bonds. The van der Waals surface area contributed by atoms with Gasteiger partial charge in [-0.05, 0) is 32.9 Å². The van der Waals surface area contributed by atoms with Gasteiger partial charge in [-0.1, -0.05) is 11.6 Å². The number of carbonyl (C=O) groups excluding carboxylic acids is 1. The Morgan fingerprint density at radius 2 is 1.93 bits per heavy atom. The molecule has 0 saturated heterocycles. The van der Waals surface area contributed by atoms with E-state index in [2.05, 4.69) is 0 Å². The van der Waals surface area contributed by atoms with Crippen molar-refractivity contribution in [2.45, 2.75) is 20.8 Å². The van der Waals surface area contributed by atoms with E-state index in [9.17, 15) is 4.79 Å². The number of rotatable bonds is 3. The van der Waals surface area contributed by atoms with Gasteiger partial charge < -0.3 is 10.6 Å². The predicted molar refractivity (Wildman–Crippen MR) is 62.8 cm³/mol. The Bertz CT molecular complexity index is 357. The van der Waals surface area contributed by atoms with Crippen LogP contribution in [-0.4, -0.2) is 23.9 Å². The fourth-order valence-electron chi connectivity index (χ4n) is 1.54. The molecule has 0 spiro atoms. The van der Waals surface area contributed by atoms with Crippen molar-refractivity contribution in [1.29, 1.82) is 0 Å². The molecule has 0 atom stereocenters. The average molecular weight is 206 g/mol. The molecule has 1 rings (SSSR count). The van der Waals surface area contributed by atoms with E-state index >= 15 is 0 Å². The number of hydrogen-bond donors (Lipinski definition) is 1. The lowest BCUT2D eigenvalue weighted by molar-refractivity contribution is 0.0774. The van der Waals surface area contributed by atoms with E-state index < -0.39 is 0 Å². The van der Waals surface area contributed by atoms with Gasteiger partial charge in [0.1, 0.15) is 0 Å². The van der Waals surface area contributed by atoms with Crippen LogP contribution in [-0.2, 0) is 0 Å². The van der Waals surface area contributed by atoms with Crippen molar-refractivity contribution in [3.8, 4) is 0 Å². The van der Waals surface area contributed by atoms with Crippen molar-refractivity contribution in [3.63, 3.8) is 0 Å². The molecule has 0 fully saturated rings. The highest BCUT2D eigenvalue weighted by atomic mass is 16.2. The Morgan fingerprint density at radius 1 is 1.33 bits per heavy atom. The fourth-order valence-corrected chi connectivity index (χ4v) is 1.54. The van der Waals surface area contributed by atoms with Crippen molar-refractivity contribution < 1.29 is 4.79 Å². The first-order valence-corrected chi connectivity index (χ1v) is 5.25. The molecule has 0 aliphatic rings. The van der Waals surface area contributed by atoms with Crippen LogP contribution in [0.4, 0.5) is 5.69 Å². The minimum Gasteiger partial charge on any atom is -0.398 e. The van der Waals surface area contributed by atoms with Crippen LogP contribution < -0.4 is 5.73 Å². The number of benzene rings is 1. The normalized spacial score (nSPS) is 10.1. The molecule has 0 aromatic heterocycles. The molecule has 2 N–H and O–H groups in total. The number of aryl methyl sites for hydroxylation is 1. The van der Waals surface area contributed by atoms with Gasteiger partial charge in [-0.2, -0.15) is 0 Å². The van der Waals surface area contributed by atoms with E-state index in [0.29, 0.717) is 24.3 Å². The lowest BCUT2D eigenvalue weighted by Crippen LogP contribution is -2.31. The quantitative estimate of drug-likeness (QED) is 0.769. The minimum absolute atomic E-state index is 0.0150. The van der Waals surface area contributed by atoms with Crippen LogP contribution >= 0.6 is 0 Å². The van der Waals surface area contributed by atoms with Gasteiger partial charge in [0.15, 0.2) is 0 Å². The molecule has 1 aromatic carbocycles. The third-order valence-electron chi connectivity index (χ3n) is 2.49. The molecule has 0 aliphatic heterocycles.